The van der Waals surface area contributed by atoms with Crippen molar-refractivity contribution in [1.82, 2.24) is 9.88 Å². The summed E-state index contributed by atoms with van der Waals surface area (Å²) >= 11 is 1.49. The summed E-state index contributed by atoms with van der Waals surface area (Å²) in [4.78, 5) is 32.4. The molecule has 0 aliphatic carbocycles. The van der Waals surface area contributed by atoms with Crippen LogP contribution in [0.25, 0.3) is 0 Å². The van der Waals surface area contributed by atoms with Gasteiger partial charge < -0.3 is 10.1 Å². The van der Waals surface area contributed by atoms with Crippen molar-refractivity contribution in [2.45, 2.75) is 45.3 Å². The number of anilines is 2. The van der Waals surface area contributed by atoms with Crippen LogP contribution in [0, 0.1) is 0 Å². The van der Waals surface area contributed by atoms with Crippen molar-refractivity contribution in [3.05, 3.63) is 40.4 Å². The molecule has 1 aromatic carbocycles. The Balaban J connectivity index is 1.30. The summed E-state index contributed by atoms with van der Waals surface area (Å²) in [5.74, 6) is -0.131. The van der Waals surface area contributed by atoms with Gasteiger partial charge in [0.1, 0.15) is 6.10 Å². The zero-order valence-electron chi connectivity index (χ0n) is 16.6. The lowest BCUT2D eigenvalue weighted by molar-refractivity contribution is -0.124. The van der Waals surface area contributed by atoms with E-state index >= 15 is 0 Å². The molecule has 154 valence electrons. The van der Waals surface area contributed by atoms with Crippen LogP contribution in [-0.2, 0) is 33.7 Å². The molecular formula is C21H26N4O3S. The van der Waals surface area contributed by atoms with Crippen molar-refractivity contribution >= 4 is 34.0 Å². The van der Waals surface area contributed by atoms with E-state index in [0.717, 1.165) is 48.5 Å². The van der Waals surface area contributed by atoms with Gasteiger partial charge in [0, 0.05) is 36.7 Å². The number of hydrogen-bond donors (Lipinski definition) is 2. The Bertz CT molecular complexity index is 875. The highest BCUT2D eigenvalue weighted by atomic mass is 32.1. The Morgan fingerprint density at radius 1 is 1.28 bits per heavy atom. The highest BCUT2D eigenvalue weighted by Gasteiger charge is 2.26. The highest BCUT2D eigenvalue weighted by Crippen LogP contribution is 2.29. The summed E-state index contributed by atoms with van der Waals surface area (Å²) in [5.41, 5.74) is 3.09. The number of rotatable bonds is 6. The van der Waals surface area contributed by atoms with Crippen LogP contribution in [0.2, 0.25) is 0 Å². The standard InChI is InChI=1S/C21H26N4O3S/c1-2-14-5-7-15(8-6-14)22-19(26)13-25-10-9-16-18(12-25)29-21(23-16)24-20(27)17-4-3-11-28-17/h5-8,17H,2-4,9-13H2,1H3,(H,22,26)(H,23,24,27). The third-order valence-corrected chi connectivity index (χ3v) is 6.27. The van der Waals surface area contributed by atoms with Crippen LogP contribution in [0.1, 0.15) is 35.9 Å². The van der Waals surface area contributed by atoms with E-state index in [9.17, 15) is 9.59 Å². The SMILES string of the molecule is CCc1ccc(NC(=O)CN2CCc3nc(NC(=O)C4CCCO4)sc3C2)cc1. The summed E-state index contributed by atoms with van der Waals surface area (Å²) < 4.78 is 5.42. The van der Waals surface area contributed by atoms with Gasteiger partial charge in [-0.25, -0.2) is 4.98 Å². The predicted octanol–water partition coefficient (Wildman–Crippen LogP) is 2.82. The van der Waals surface area contributed by atoms with Crippen LogP contribution in [0.4, 0.5) is 10.8 Å². The minimum Gasteiger partial charge on any atom is -0.368 e. The van der Waals surface area contributed by atoms with Crippen molar-refractivity contribution in [3.8, 4) is 0 Å². The number of hydrogen-bond acceptors (Lipinski definition) is 6. The maximum Gasteiger partial charge on any atom is 0.255 e. The van der Waals surface area contributed by atoms with Crippen LogP contribution >= 0.6 is 11.3 Å². The smallest absolute Gasteiger partial charge is 0.255 e. The fraction of sp³-hybridized carbons (Fsp3) is 0.476. The third-order valence-electron chi connectivity index (χ3n) is 5.28. The fourth-order valence-corrected chi connectivity index (χ4v) is 4.69. The molecule has 0 spiro atoms. The number of carbonyl (C=O) groups is 2. The molecule has 1 aromatic heterocycles. The molecule has 4 rings (SSSR count). The lowest BCUT2D eigenvalue weighted by Gasteiger charge is -2.25. The molecular weight excluding hydrogens is 388 g/mol. The fourth-order valence-electron chi connectivity index (χ4n) is 3.63. The van der Waals surface area contributed by atoms with E-state index in [1.165, 1.54) is 16.9 Å². The van der Waals surface area contributed by atoms with E-state index in [4.69, 9.17) is 4.74 Å². The monoisotopic (exact) mass is 414 g/mol. The molecule has 3 heterocycles. The van der Waals surface area contributed by atoms with E-state index in [2.05, 4.69) is 27.4 Å². The highest BCUT2D eigenvalue weighted by molar-refractivity contribution is 7.15. The second-order valence-corrected chi connectivity index (χ2v) is 8.52. The number of nitrogens with one attached hydrogen (secondary N) is 2. The predicted molar refractivity (Wildman–Crippen MR) is 113 cm³/mol. The second kappa shape index (κ2) is 9.02. The molecule has 1 unspecified atom stereocenters. The molecule has 1 atom stereocenters. The molecule has 7 nitrogen and oxygen atoms in total. The van der Waals surface area contributed by atoms with Gasteiger partial charge in [-0.3, -0.25) is 19.8 Å². The Morgan fingerprint density at radius 2 is 2.10 bits per heavy atom. The average Bonchev–Trinajstić information content (AvgIpc) is 3.37. The van der Waals surface area contributed by atoms with Gasteiger partial charge in [0.15, 0.2) is 5.13 Å². The zero-order valence-corrected chi connectivity index (χ0v) is 17.4. The Labute approximate surface area is 174 Å². The van der Waals surface area contributed by atoms with Crippen LogP contribution in [0.5, 0.6) is 0 Å². The molecule has 29 heavy (non-hydrogen) atoms. The normalized spacial score (nSPS) is 19.0. The Hall–Kier alpha value is -2.29. The number of aromatic nitrogens is 1. The Morgan fingerprint density at radius 3 is 2.83 bits per heavy atom. The topological polar surface area (TPSA) is 83.6 Å². The van der Waals surface area contributed by atoms with Gasteiger partial charge in [0.2, 0.25) is 5.91 Å². The first-order valence-corrected chi connectivity index (χ1v) is 10.9. The average molecular weight is 415 g/mol. The van der Waals surface area contributed by atoms with Crippen LogP contribution in [0.3, 0.4) is 0 Å². The summed E-state index contributed by atoms with van der Waals surface area (Å²) in [6.45, 7) is 4.54. The molecule has 0 saturated carbocycles. The quantitative estimate of drug-likeness (QED) is 0.759. The lowest BCUT2D eigenvalue weighted by Crippen LogP contribution is -2.36. The number of amides is 2. The number of nitrogens with zero attached hydrogens (tertiary/aromatic N) is 2. The first-order chi connectivity index (χ1) is 14.1. The van der Waals surface area contributed by atoms with Crippen molar-refractivity contribution in [2.24, 2.45) is 0 Å². The van der Waals surface area contributed by atoms with Crippen LogP contribution < -0.4 is 10.6 Å². The van der Waals surface area contributed by atoms with Crippen molar-refractivity contribution in [2.75, 3.05) is 30.3 Å². The number of aryl methyl sites for hydroxylation is 1. The Kier molecular flexibility index (Phi) is 6.22. The van der Waals surface area contributed by atoms with Gasteiger partial charge in [-0.15, -0.1) is 11.3 Å². The van der Waals surface area contributed by atoms with Gasteiger partial charge in [-0.05, 0) is 37.0 Å². The zero-order chi connectivity index (χ0) is 20.2. The summed E-state index contributed by atoms with van der Waals surface area (Å²) in [5, 5.41) is 6.47. The molecule has 8 heteroatoms. The first-order valence-electron chi connectivity index (χ1n) is 10.1. The van der Waals surface area contributed by atoms with Crippen LogP contribution in [0.15, 0.2) is 24.3 Å². The van der Waals surface area contributed by atoms with E-state index < -0.39 is 0 Å². The van der Waals surface area contributed by atoms with Crippen LogP contribution in [-0.4, -0.2) is 47.5 Å². The number of carbonyl (C=O) groups excluding carboxylic acids is 2. The minimum absolute atomic E-state index is 0.0193. The maximum absolute atomic E-state index is 12.4. The maximum atomic E-state index is 12.4. The van der Waals surface area contributed by atoms with Gasteiger partial charge >= 0.3 is 0 Å². The third kappa shape index (κ3) is 5.01. The molecule has 0 bridgehead atoms. The lowest BCUT2D eigenvalue weighted by atomic mass is 10.1. The molecule has 2 N–H and O–H groups in total. The molecule has 2 aliphatic heterocycles. The number of ether oxygens (including phenoxy) is 1. The van der Waals surface area contributed by atoms with E-state index in [-0.39, 0.29) is 17.9 Å². The molecule has 2 amide bonds. The number of thiazole rings is 1. The molecule has 1 fully saturated rings. The van der Waals surface area contributed by atoms with Crippen molar-refractivity contribution in [3.63, 3.8) is 0 Å². The second-order valence-electron chi connectivity index (χ2n) is 7.44. The molecule has 1 saturated heterocycles. The van der Waals surface area contributed by atoms with Gasteiger partial charge in [0.25, 0.3) is 5.91 Å². The van der Waals surface area contributed by atoms with Crippen molar-refractivity contribution < 1.29 is 14.3 Å². The largest absolute Gasteiger partial charge is 0.368 e. The van der Waals surface area contributed by atoms with Gasteiger partial charge in [0.05, 0.1) is 12.2 Å². The summed E-state index contributed by atoms with van der Waals surface area (Å²) in [6, 6.07) is 7.95. The first kappa shape index (κ1) is 20.0. The van der Waals surface area contributed by atoms with E-state index in [1.54, 1.807) is 0 Å². The molecule has 0 radical (unpaired) electrons. The van der Waals surface area contributed by atoms with Gasteiger partial charge in [-0.1, -0.05) is 19.1 Å². The van der Waals surface area contributed by atoms with Gasteiger partial charge in [-0.2, -0.15) is 0 Å². The molecule has 2 aromatic rings. The number of fused-ring (bicyclic) bond motifs is 1. The minimum atomic E-state index is -0.359. The summed E-state index contributed by atoms with van der Waals surface area (Å²) in [7, 11) is 0. The molecule has 2 aliphatic rings. The number of benzene rings is 1. The van der Waals surface area contributed by atoms with Crippen molar-refractivity contribution in [1.29, 1.82) is 0 Å². The van der Waals surface area contributed by atoms with E-state index in [1.807, 2.05) is 24.3 Å². The van der Waals surface area contributed by atoms with E-state index in [0.29, 0.717) is 24.8 Å². The summed E-state index contributed by atoms with van der Waals surface area (Å²) in [6.07, 6.45) is 3.09.